The van der Waals surface area contributed by atoms with Crippen LogP contribution >= 0.6 is 11.3 Å². The second-order valence-corrected chi connectivity index (χ2v) is 15.6. The van der Waals surface area contributed by atoms with Gasteiger partial charge in [0.1, 0.15) is 10.7 Å². The first-order chi connectivity index (χ1) is 24.1. The van der Waals surface area contributed by atoms with Crippen LogP contribution in [0.5, 0.6) is 0 Å². The molecule has 2 heterocycles. The van der Waals surface area contributed by atoms with Crippen LogP contribution in [0, 0.1) is 23.7 Å². The number of methoxy groups -OCH3 is 1. The van der Waals surface area contributed by atoms with Gasteiger partial charge in [0.05, 0.1) is 19.1 Å². The minimum absolute atomic E-state index is 0.0109. The molecule has 0 unspecified atom stereocenters. The van der Waals surface area contributed by atoms with E-state index in [1.54, 1.807) is 24.3 Å². The molecule has 6 atom stereocenters. The Balaban J connectivity index is 1.79. The monoisotopic (exact) mass is 726 g/mol. The number of nitrogens with zero attached hydrogens (tertiary/aromatic N) is 3. The Morgan fingerprint density at radius 2 is 1.71 bits per heavy atom. The molecule has 1 saturated heterocycles. The standard InChI is InChI=1S/C39H58N4O7S/c1-24(2)30(21-34(45)32-17-13-14-18-42(32)7)38(47)43(8)33(25(3)4)22-35(50-27(6)44)37-41-31(23-51-37)36(46)40-29(19-26(5)39(48)49-9)20-28-15-11-10-12-16-28/h10-12,15-16,23-26,29-30,32-33,35H,13-14,17-22H2,1-9H3,(H,40,46)/t26-,29-,30+,32-,33-,35-/m1/s1. The Morgan fingerprint density at radius 3 is 2.29 bits per heavy atom. The summed E-state index contributed by atoms with van der Waals surface area (Å²) < 4.78 is 10.7. The number of likely N-dealkylation sites (N-methyl/N-ethyl adjacent to an activating group) is 1. The van der Waals surface area contributed by atoms with Crippen LogP contribution in [0.15, 0.2) is 35.7 Å². The topological polar surface area (TPSA) is 135 Å². The molecule has 3 rings (SSSR count). The van der Waals surface area contributed by atoms with Crippen molar-refractivity contribution in [2.75, 3.05) is 27.7 Å². The van der Waals surface area contributed by atoms with E-state index >= 15 is 0 Å². The quantitative estimate of drug-likeness (QED) is 0.187. The fourth-order valence-electron chi connectivity index (χ4n) is 6.98. The summed E-state index contributed by atoms with van der Waals surface area (Å²) in [7, 11) is 5.08. The van der Waals surface area contributed by atoms with Crippen molar-refractivity contribution >= 4 is 40.9 Å². The fraction of sp³-hybridized carbons (Fsp3) is 0.641. The maximum absolute atomic E-state index is 14.1. The van der Waals surface area contributed by atoms with E-state index in [4.69, 9.17) is 9.47 Å². The summed E-state index contributed by atoms with van der Waals surface area (Å²) in [5.74, 6) is -2.23. The normalized spacial score (nSPS) is 18.0. The Labute approximate surface area is 307 Å². The number of ether oxygens (including phenoxy) is 2. The number of ketones is 1. The van der Waals surface area contributed by atoms with Crippen LogP contribution in [0.4, 0.5) is 0 Å². The average Bonchev–Trinajstić information content (AvgIpc) is 3.59. The number of Topliss-reactive ketones (excluding diaryl/α,β-unsaturated/α-hetero) is 1. The van der Waals surface area contributed by atoms with E-state index in [0.717, 1.165) is 31.4 Å². The number of esters is 2. The molecule has 2 amide bonds. The molecule has 0 spiro atoms. The van der Waals surface area contributed by atoms with Crippen LogP contribution in [-0.4, -0.2) is 90.2 Å². The van der Waals surface area contributed by atoms with Crippen LogP contribution < -0.4 is 5.32 Å². The summed E-state index contributed by atoms with van der Waals surface area (Å²) in [6, 6.07) is 8.84. The van der Waals surface area contributed by atoms with Gasteiger partial charge in [-0.05, 0) is 56.7 Å². The van der Waals surface area contributed by atoms with Gasteiger partial charge in [-0.25, -0.2) is 4.98 Å². The molecule has 0 radical (unpaired) electrons. The lowest BCUT2D eigenvalue weighted by Crippen LogP contribution is -2.48. The van der Waals surface area contributed by atoms with Crippen molar-refractivity contribution < 1.29 is 33.4 Å². The van der Waals surface area contributed by atoms with Crippen LogP contribution in [0.2, 0.25) is 0 Å². The first-order valence-electron chi connectivity index (χ1n) is 18.2. The SMILES string of the molecule is COC(=O)[C@H](C)C[C@H](Cc1ccccc1)NC(=O)c1csc([C@@H](C[C@H](C(C)C)N(C)C(=O)[C@@H](CC(=O)[C@H]2CCCCN2C)C(C)C)OC(C)=O)n1. The first-order valence-corrected chi connectivity index (χ1v) is 19.1. The number of carbonyl (C=O) groups is 5. The van der Waals surface area contributed by atoms with Crippen molar-refractivity contribution in [2.24, 2.45) is 23.7 Å². The van der Waals surface area contributed by atoms with Crippen LogP contribution in [-0.2, 0) is 35.1 Å². The van der Waals surface area contributed by atoms with Gasteiger partial charge in [0, 0.05) is 50.2 Å². The Morgan fingerprint density at radius 1 is 1.02 bits per heavy atom. The zero-order valence-electron chi connectivity index (χ0n) is 31.8. The smallest absolute Gasteiger partial charge is 0.308 e. The van der Waals surface area contributed by atoms with Crippen LogP contribution in [0.25, 0.3) is 0 Å². The molecule has 1 aromatic heterocycles. The molecular formula is C39H58N4O7S. The van der Waals surface area contributed by atoms with E-state index in [1.165, 1.54) is 25.4 Å². The van der Waals surface area contributed by atoms with Gasteiger partial charge in [-0.3, -0.25) is 28.9 Å². The molecule has 1 aliphatic heterocycles. The van der Waals surface area contributed by atoms with Gasteiger partial charge in [-0.2, -0.15) is 0 Å². The number of rotatable bonds is 18. The molecule has 1 N–H and O–H groups in total. The number of hydrogen-bond donors (Lipinski definition) is 1. The van der Waals surface area contributed by atoms with Crippen molar-refractivity contribution in [1.29, 1.82) is 0 Å². The van der Waals surface area contributed by atoms with Gasteiger partial charge in [0.15, 0.2) is 11.9 Å². The van der Waals surface area contributed by atoms with Crippen LogP contribution in [0.3, 0.4) is 0 Å². The highest BCUT2D eigenvalue weighted by molar-refractivity contribution is 7.09. The predicted octanol–water partition coefficient (Wildman–Crippen LogP) is 5.88. The molecule has 0 aliphatic carbocycles. The molecule has 0 bridgehead atoms. The first kappa shape index (κ1) is 41.8. The van der Waals surface area contributed by atoms with Crippen molar-refractivity contribution in [3.05, 3.63) is 52.0 Å². The van der Waals surface area contributed by atoms with Crippen molar-refractivity contribution in [1.82, 2.24) is 20.1 Å². The molecule has 2 aromatic rings. The van der Waals surface area contributed by atoms with Gasteiger partial charge in [0.25, 0.3) is 5.91 Å². The number of nitrogens with one attached hydrogen (secondary N) is 1. The Kier molecular flexibility index (Phi) is 16.2. The number of likely N-dealkylation sites (tertiary alicyclic amines) is 1. The summed E-state index contributed by atoms with van der Waals surface area (Å²) in [6.07, 6.45) is 3.44. The van der Waals surface area contributed by atoms with Gasteiger partial charge in [-0.15, -0.1) is 11.3 Å². The number of thiazole rings is 1. The third-order valence-corrected chi connectivity index (χ3v) is 10.9. The number of piperidine rings is 1. The maximum Gasteiger partial charge on any atom is 0.308 e. The highest BCUT2D eigenvalue weighted by Crippen LogP contribution is 2.32. The summed E-state index contributed by atoms with van der Waals surface area (Å²) in [5, 5.41) is 5.12. The lowest BCUT2D eigenvalue weighted by molar-refractivity contribution is -0.149. The number of aromatic nitrogens is 1. The Hall–Kier alpha value is -3.64. The third-order valence-electron chi connectivity index (χ3n) is 10.00. The molecule has 51 heavy (non-hydrogen) atoms. The van der Waals surface area contributed by atoms with Gasteiger partial charge in [0.2, 0.25) is 5.91 Å². The number of hydrogen-bond acceptors (Lipinski definition) is 10. The highest BCUT2D eigenvalue weighted by Gasteiger charge is 2.37. The summed E-state index contributed by atoms with van der Waals surface area (Å²) in [6.45, 7) is 11.9. The summed E-state index contributed by atoms with van der Waals surface area (Å²) >= 11 is 1.21. The van der Waals surface area contributed by atoms with E-state index in [1.807, 2.05) is 65.1 Å². The second kappa shape index (κ2) is 19.8. The Bertz CT molecular complexity index is 1460. The van der Waals surface area contributed by atoms with Gasteiger partial charge >= 0.3 is 11.9 Å². The van der Waals surface area contributed by atoms with Gasteiger partial charge < -0.3 is 19.7 Å². The molecule has 282 valence electrons. The van der Waals surface area contributed by atoms with Gasteiger partial charge in [-0.1, -0.05) is 71.4 Å². The van der Waals surface area contributed by atoms with Crippen molar-refractivity contribution in [3.8, 4) is 0 Å². The van der Waals surface area contributed by atoms with E-state index in [0.29, 0.717) is 17.8 Å². The fourth-order valence-corrected chi connectivity index (χ4v) is 7.82. The molecule has 1 fully saturated rings. The van der Waals surface area contributed by atoms with Crippen molar-refractivity contribution in [2.45, 2.75) is 111 Å². The maximum atomic E-state index is 14.1. The molecule has 1 aliphatic rings. The molecule has 1 aromatic carbocycles. The predicted molar refractivity (Wildman–Crippen MR) is 198 cm³/mol. The zero-order valence-corrected chi connectivity index (χ0v) is 32.7. The molecular weight excluding hydrogens is 669 g/mol. The summed E-state index contributed by atoms with van der Waals surface area (Å²) in [4.78, 5) is 74.0. The lowest BCUT2D eigenvalue weighted by Gasteiger charge is -2.37. The highest BCUT2D eigenvalue weighted by atomic mass is 32.1. The van der Waals surface area contributed by atoms with E-state index in [-0.39, 0.29) is 66.2 Å². The number of carbonyl (C=O) groups excluding carboxylic acids is 5. The molecule has 11 nitrogen and oxygen atoms in total. The minimum Gasteiger partial charge on any atom is -0.469 e. The third kappa shape index (κ3) is 12.2. The largest absolute Gasteiger partial charge is 0.469 e. The average molecular weight is 727 g/mol. The summed E-state index contributed by atoms with van der Waals surface area (Å²) in [5.41, 5.74) is 1.19. The number of benzene rings is 1. The lowest BCUT2D eigenvalue weighted by atomic mass is 9.84. The minimum atomic E-state index is -0.800. The van der Waals surface area contributed by atoms with Crippen LogP contribution in [0.1, 0.15) is 107 Å². The molecule has 12 heteroatoms. The zero-order chi connectivity index (χ0) is 37.8. The molecule has 0 saturated carbocycles. The van der Waals surface area contributed by atoms with E-state index in [9.17, 15) is 24.0 Å². The number of amides is 2. The van der Waals surface area contributed by atoms with Crippen molar-refractivity contribution in [3.63, 3.8) is 0 Å². The van der Waals surface area contributed by atoms with E-state index in [2.05, 4.69) is 15.2 Å². The second-order valence-electron chi connectivity index (χ2n) is 14.7. The van der Waals surface area contributed by atoms with E-state index < -0.39 is 29.8 Å².